The van der Waals surface area contributed by atoms with E-state index in [1.54, 1.807) is 0 Å². The zero-order valence-corrected chi connectivity index (χ0v) is 13.3. The molecule has 0 unspecified atom stereocenters. The van der Waals surface area contributed by atoms with Gasteiger partial charge >= 0.3 is 7.12 Å². The van der Waals surface area contributed by atoms with Gasteiger partial charge in [-0.1, -0.05) is 24.3 Å². The number of rotatable bonds is 3. The Hall–Kier alpha value is -1.10. The van der Waals surface area contributed by atoms with Crippen LogP contribution < -0.4 is 0 Å². The van der Waals surface area contributed by atoms with Crippen molar-refractivity contribution >= 4 is 13.2 Å². The first-order valence-corrected chi connectivity index (χ1v) is 7.61. The summed E-state index contributed by atoms with van der Waals surface area (Å²) in [6.45, 7) is 8.02. The summed E-state index contributed by atoms with van der Waals surface area (Å²) < 4.78 is 12.0. The van der Waals surface area contributed by atoms with Crippen LogP contribution in [0.2, 0.25) is 0 Å². The first-order valence-electron chi connectivity index (χ1n) is 7.61. The molecule has 0 aromatic heterocycles. The molecule has 112 valence electrons. The van der Waals surface area contributed by atoms with Gasteiger partial charge in [0, 0.05) is 0 Å². The fraction of sp³-hybridized carbons (Fsp3) is 0.529. The molecule has 3 rings (SSSR count). The van der Waals surface area contributed by atoms with Crippen LogP contribution in [-0.4, -0.2) is 30.0 Å². The van der Waals surface area contributed by atoms with Gasteiger partial charge in [-0.3, -0.25) is 0 Å². The quantitative estimate of drug-likeness (QED) is 0.868. The summed E-state index contributed by atoms with van der Waals surface area (Å²) in [4.78, 5) is 0. The number of fused-ring (bicyclic) bond motifs is 1. The first-order chi connectivity index (χ1) is 9.82. The largest absolute Gasteiger partial charge is 0.492 e. The van der Waals surface area contributed by atoms with E-state index in [0.29, 0.717) is 0 Å². The molecular formula is C17H23BO3. The number of aliphatic hydroxyl groups is 1. The molecule has 0 bridgehead atoms. The van der Waals surface area contributed by atoms with Crippen LogP contribution in [0.1, 0.15) is 44.4 Å². The van der Waals surface area contributed by atoms with E-state index in [1.165, 1.54) is 17.5 Å². The number of aryl methyl sites for hydroxylation is 2. The molecule has 0 atom stereocenters. The van der Waals surface area contributed by atoms with Crippen molar-refractivity contribution in [2.24, 2.45) is 0 Å². The maximum atomic E-state index is 9.70. The van der Waals surface area contributed by atoms with E-state index < -0.39 is 7.12 Å². The smallest absolute Gasteiger partial charge is 0.400 e. The Morgan fingerprint density at radius 1 is 1.14 bits per heavy atom. The highest BCUT2D eigenvalue weighted by atomic mass is 16.7. The molecule has 0 radical (unpaired) electrons. The van der Waals surface area contributed by atoms with E-state index in [0.717, 1.165) is 17.5 Å². The predicted molar refractivity (Wildman–Crippen MR) is 85.0 cm³/mol. The second-order valence-corrected chi connectivity index (χ2v) is 6.99. The van der Waals surface area contributed by atoms with Gasteiger partial charge in [0.2, 0.25) is 0 Å². The number of benzene rings is 1. The molecule has 1 heterocycles. The van der Waals surface area contributed by atoms with Crippen molar-refractivity contribution in [3.63, 3.8) is 0 Å². The van der Waals surface area contributed by atoms with Gasteiger partial charge in [-0.25, -0.2) is 0 Å². The summed E-state index contributed by atoms with van der Waals surface area (Å²) in [5.74, 6) is 0. The Morgan fingerprint density at radius 3 is 2.24 bits per heavy atom. The maximum Gasteiger partial charge on any atom is 0.492 e. The zero-order chi connectivity index (χ0) is 15.3. The van der Waals surface area contributed by atoms with Crippen LogP contribution in [0, 0.1) is 0 Å². The summed E-state index contributed by atoms with van der Waals surface area (Å²) in [7, 11) is -0.480. The second kappa shape index (κ2) is 4.97. The maximum absolute atomic E-state index is 9.70. The summed E-state index contributed by atoms with van der Waals surface area (Å²) in [5, 5.41) is 9.70. The van der Waals surface area contributed by atoms with Crippen molar-refractivity contribution in [1.82, 2.24) is 0 Å². The van der Waals surface area contributed by atoms with E-state index >= 15 is 0 Å². The Kier molecular flexibility index (Phi) is 3.51. The molecule has 21 heavy (non-hydrogen) atoms. The molecule has 1 aromatic rings. The third-order valence-corrected chi connectivity index (χ3v) is 4.98. The Bertz CT molecular complexity index is 574. The third-order valence-electron chi connectivity index (χ3n) is 4.98. The van der Waals surface area contributed by atoms with Crippen LogP contribution in [0.25, 0.3) is 6.08 Å². The average molecular weight is 286 g/mol. The SMILES string of the molecule is CC1(C)OB(C(=Cc2ccc3c(c2)CC3)CO)OC1(C)C. The Labute approximate surface area is 127 Å². The van der Waals surface area contributed by atoms with Crippen LogP contribution in [-0.2, 0) is 22.2 Å². The van der Waals surface area contributed by atoms with Crippen molar-refractivity contribution in [2.45, 2.75) is 51.7 Å². The third kappa shape index (κ3) is 2.56. The number of hydrogen-bond donors (Lipinski definition) is 1. The minimum atomic E-state index is -0.480. The molecule has 1 N–H and O–H groups in total. The normalized spacial score (nSPS) is 22.9. The van der Waals surface area contributed by atoms with Gasteiger partial charge < -0.3 is 14.4 Å². The topological polar surface area (TPSA) is 38.7 Å². The van der Waals surface area contributed by atoms with Gasteiger partial charge in [0.05, 0.1) is 17.8 Å². The molecule has 1 aliphatic heterocycles. The van der Waals surface area contributed by atoms with E-state index in [2.05, 4.69) is 18.2 Å². The fourth-order valence-corrected chi connectivity index (χ4v) is 2.70. The van der Waals surface area contributed by atoms with Gasteiger partial charge in [-0.2, -0.15) is 0 Å². The minimum absolute atomic E-state index is 0.0616. The highest BCUT2D eigenvalue weighted by Crippen LogP contribution is 2.38. The molecule has 1 saturated heterocycles. The lowest BCUT2D eigenvalue weighted by atomic mass is 9.77. The van der Waals surface area contributed by atoms with Crippen LogP contribution in [0.3, 0.4) is 0 Å². The highest BCUT2D eigenvalue weighted by molar-refractivity contribution is 6.55. The van der Waals surface area contributed by atoms with Crippen molar-refractivity contribution in [1.29, 1.82) is 0 Å². The fourth-order valence-electron chi connectivity index (χ4n) is 2.70. The molecule has 0 saturated carbocycles. The van der Waals surface area contributed by atoms with Gasteiger partial charge in [0.25, 0.3) is 0 Å². The molecular weight excluding hydrogens is 263 g/mol. The van der Waals surface area contributed by atoms with E-state index in [9.17, 15) is 5.11 Å². The summed E-state index contributed by atoms with van der Waals surface area (Å²) in [6, 6.07) is 6.46. The predicted octanol–water partition coefficient (Wildman–Crippen LogP) is 2.79. The summed E-state index contributed by atoms with van der Waals surface area (Å²) in [6.07, 6.45) is 4.33. The lowest BCUT2D eigenvalue weighted by molar-refractivity contribution is 0.00578. The highest BCUT2D eigenvalue weighted by Gasteiger charge is 2.52. The van der Waals surface area contributed by atoms with Crippen LogP contribution >= 0.6 is 0 Å². The Morgan fingerprint density at radius 2 is 1.76 bits per heavy atom. The molecule has 2 aliphatic rings. The van der Waals surface area contributed by atoms with Crippen LogP contribution in [0.4, 0.5) is 0 Å². The van der Waals surface area contributed by atoms with Crippen LogP contribution in [0.5, 0.6) is 0 Å². The average Bonchev–Trinajstić information content (AvgIpc) is 2.58. The van der Waals surface area contributed by atoms with Crippen molar-refractivity contribution < 1.29 is 14.4 Å². The van der Waals surface area contributed by atoms with Gasteiger partial charge in [-0.05, 0) is 62.7 Å². The summed E-state index contributed by atoms with van der Waals surface area (Å²) in [5.41, 5.74) is 3.96. The van der Waals surface area contributed by atoms with Crippen molar-refractivity contribution in [2.75, 3.05) is 6.61 Å². The summed E-state index contributed by atoms with van der Waals surface area (Å²) >= 11 is 0. The molecule has 4 heteroatoms. The van der Waals surface area contributed by atoms with Gasteiger partial charge in [0.1, 0.15) is 0 Å². The van der Waals surface area contributed by atoms with E-state index in [1.807, 2.05) is 33.8 Å². The molecule has 1 aromatic carbocycles. The van der Waals surface area contributed by atoms with E-state index in [4.69, 9.17) is 9.31 Å². The first kappa shape index (κ1) is 14.8. The van der Waals surface area contributed by atoms with Crippen molar-refractivity contribution in [3.05, 3.63) is 40.4 Å². The molecule has 0 amide bonds. The Balaban J connectivity index is 1.85. The lowest BCUT2D eigenvalue weighted by Gasteiger charge is -2.32. The minimum Gasteiger partial charge on any atom is -0.400 e. The lowest BCUT2D eigenvalue weighted by Crippen LogP contribution is -2.41. The standard InChI is InChI=1S/C17H23BO3/c1-16(2)17(3,4)21-18(20-16)15(11-19)10-12-5-6-13-7-8-14(13)9-12/h5-6,9-10,19H,7-8,11H2,1-4H3. The monoisotopic (exact) mass is 286 g/mol. The van der Waals surface area contributed by atoms with Gasteiger partial charge in [-0.15, -0.1) is 0 Å². The zero-order valence-electron chi connectivity index (χ0n) is 13.3. The number of aliphatic hydroxyl groups excluding tert-OH is 1. The van der Waals surface area contributed by atoms with Gasteiger partial charge in [0.15, 0.2) is 0 Å². The second-order valence-electron chi connectivity index (χ2n) is 6.99. The van der Waals surface area contributed by atoms with Crippen LogP contribution in [0.15, 0.2) is 23.7 Å². The van der Waals surface area contributed by atoms with E-state index in [-0.39, 0.29) is 17.8 Å². The molecule has 1 fully saturated rings. The van der Waals surface area contributed by atoms with Crippen molar-refractivity contribution in [3.8, 4) is 0 Å². The molecule has 0 spiro atoms. The molecule has 1 aliphatic carbocycles. The number of hydrogen-bond acceptors (Lipinski definition) is 3. The molecule has 3 nitrogen and oxygen atoms in total.